The molecule has 1 unspecified atom stereocenters. The summed E-state index contributed by atoms with van der Waals surface area (Å²) in [5, 5.41) is 0. The van der Waals surface area contributed by atoms with Crippen molar-refractivity contribution >= 4 is 0 Å². The Balaban J connectivity index is 2.19. The highest BCUT2D eigenvalue weighted by atomic mass is 19.4. The van der Waals surface area contributed by atoms with Crippen molar-refractivity contribution in [1.82, 2.24) is 4.90 Å². The number of nitrogens with zero attached hydrogens (tertiary/aromatic N) is 1. The number of rotatable bonds is 7. The van der Waals surface area contributed by atoms with Crippen LogP contribution < -0.4 is 5.73 Å². The molecular weight excluding hydrogens is 313 g/mol. The molecule has 0 aliphatic heterocycles. The van der Waals surface area contributed by atoms with Crippen LogP contribution in [0.1, 0.15) is 50.7 Å². The zero-order chi connectivity index (χ0) is 17.7. The van der Waals surface area contributed by atoms with Gasteiger partial charge in [0, 0.05) is 24.8 Å². The molecule has 1 aromatic rings. The Labute approximate surface area is 142 Å². The molecule has 0 spiro atoms. The second-order valence-electron chi connectivity index (χ2n) is 6.56. The third-order valence-electron chi connectivity index (χ3n) is 4.98. The van der Waals surface area contributed by atoms with E-state index in [9.17, 15) is 13.2 Å². The highest BCUT2D eigenvalue weighted by Gasteiger charge is 2.31. The number of alkyl halides is 3. The maximum Gasteiger partial charge on any atom is 0.416 e. The second kappa shape index (κ2) is 8.06. The lowest BCUT2D eigenvalue weighted by Crippen LogP contribution is -2.41. The van der Waals surface area contributed by atoms with Gasteiger partial charge >= 0.3 is 6.18 Å². The molecule has 2 N–H and O–H groups in total. The average molecular weight is 340 g/mol. The molecule has 0 aromatic heterocycles. The summed E-state index contributed by atoms with van der Waals surface area (Å²) in [6.07, 6.45) is 2.43. The third kappa shape index (κ3) is 4.53. The zero-order valence-corrected chi connectivity index (χ0v) is 14.4. The van der Waals surface area contributed by atoms with E-state index >= 15 is 0 Å². The van der Waals surface area contributed by atoms with Gasteiger partial charge in [-0.3, -0.25) is 0 Å². The first-order valence-corrected chi connectivity index (χ1v) is 8.68. The molecule has 0 radical (unpaired) electrons. The summed E-state index contributed by atoms with van der Waals surface area (Å²) in [4.78, 5) is 2.27. The van der Waals surface area contributed by atoms with E-state index in [-0.39, 0.29) is 0 Å². The lowest BCUT2D eigenvalue weighted by molar-refractivity contribution is -0.137. The van der Waals surface area contributed by atoms with Gasteiger partial charge in [-0.2, -0.15) is 13.2 Å². The van der Waals surface area contributed by atoms with Gasteiger partial charge in [0.15, 0.2) is 0 Å². The Bertz CT molecular complexity index is 545. The highest BCUT2D eigenvalue weighted by molar-refractivity contribution is 5.25. The van der Waals surface area contributed by atoms with Crippen LogP contribution in [0.4, 0.5) is 13.2 Å². The number of benzene rings is 1. The van der Waals surface area contributed by atoms with E-state index in [0.29, 0.717) is 25.0 Å². The monoisotopic (exact) mass is 340 g/mol. The Hall–Kier alpha value is -1.49. The summed E-state index contributed by atoms with van der Waals surface area (Å²) in [5.74, 6) is 0.645. The van der Waals surface area contributed by atoms with Crippen molar-refractivity contribution in [3.05, 3.63) is 47.2 Å². The fourth-order valence-corrected chi connectivity index (χ4v) is 3.23. The second-order valence-corrected chi connectivity index (χ2v) is 6.56. The molecule has 1 aliphatic rings. The Morgan fingerprint density at radius 1 is 1.29 bits per heavy atom. The molecule has 1 atom stereocenters. The summed E-state index contributed by atoms with van der Waals surface area (Å²) in [7, 11) is 0. The van der Waals surface area contributed by atoms with Gasteiger partial charge in [-0.15, -0.1) is 0 Å². The largest absolute Gasteiger partial charge is 0.416 e. The number of hydrogen-bond acceptors (Lipinski definition) is 2. The number of hydrogen-bond donors (Lipinski definition) is 1. The van der Waals surface area contributed by atoms with Crippen LogP contribution in [0.15, 0.2) is 36.0 Å². The summed E-state index contributed by atoms with van der Waals surface area (Å²) < 4.78 is 38.2. The molecule has 0 bridgehead atoms. The highest BCUT2D eigenvalue weighted by Crippen LogP contribution is 2.34. The first-order valence-electron chi connectivity index (χ1n) is 8.68. The van der Waals surface area contributed by atoms with Gasteiger partial charge in [0.1, 0.15) is 0 Å². The fraction of sp³-hybridized carbons (Fsp3) is 0.579. The Morgan fingerprint density at radius 3 is 2.33 bits per heavy atom. The normalized spacial score (nSPS) is 17.5. The van der Waals surface area contributed by atoms with Crippen LogP contribution in [0.2, 0.25) is 0 Å². The summed E-state index contributed by atoms with van der Waals surface area (Å²) in [6, 6.07) is 5.81. The van der Waals surface area contributed by atoms with E-state index < -0.39 is 11.7 Å². The lowest BCUT2D eigenvalue weighted by atomic mass is 9.79. The van der Waals surface area contributed by atoms with Crippen LogP contribution in [0, 0.1) is 5.92 Å². The smallest absolute Gasteiger partial charge is 0.367 e. The van der Waals surface area contributed by atoms with Crippen LogP contribution in [0.3, 0.4) is 0 Å². The maximum absolute atomic E-state index is 12.7. The zero-order valence-electron chi connectivity index (χ0n) is 14.4. The van der Waals surface area contributed by atoms with Crippen molar-refractivity contribution in [1.29, 1.82) is 0 Å². The molecule has 1 fully saturated rings. The van der Waals surface area contributed by atoms with Gasteiger partial charge < -0.3 is 10.6 Å². The van der Waals surface area contributed by atoms with Gasteiger partial charge in [0.05, 0.1) is 5.56 Å². The first-order chi connectivity index (χ1) is 11.4. The molecule has 24 heavy (non-hydrogen) atoms. The number of nitrogens with two attached hydrogens (primary N) is 1. The van der Waals surface area contributed by atoms with Crippen molar-refractivity contribution in [2.75, 3.05) is 6.54 Å². The van der Waals surface area contributed by atoms with Crippen LogP contribution in [0.5, 0.6) is 0 Å². The Morgan fingerprint density at radius 2 is 1.92 bits per heavy atom. The predicted molar refractivity (Wildman–Crippen MR) is 91.2 cm³/mol. The average Bonchev–Trinajstić information content (AvgIpc) is 2.48. The van der Waals surface area contributed by atoms with Gasteiger partial charge in [0.2, 0.25) is 0 Å². The van der Waals surface area contributed by atoms with Crippen LogP contribution in [-0.2, 0) is 12.7 Å². The van der Waals surface area contributed by atoms with Crippen molar-refractivity contribution < 1.29 is 13.2 Å². The molecule has 0 amide bonds. The molecule has 2 nitrogen and oxygen atoms in total. The van der Waals surface area contributed by atoms with E-state index in [2.05, 4.69) is 24.8 Å². The van der Waals surface area contributed by atoms with Gasteiger partial charge in [0.25, 0.3) is 0 Å². The van der Waals surface area contributed by atoms with Crippen LogP contribution >= 0.6 is 0 Å². The standard InChI is InChI=1S/C19H27F3N2/c1-3-5-18(12-23)24(14(2)16-6-4-7-16)13-15-8-10-17(11-9-15)19(20,21)22/h5,8-11,14,16H,3-4,6-7,12-13,23H2,1-2H3/b18-5-. The molecule has 1 saturated carbocycles. The molecule has 0 saturated heterocycles. The van der Waals surface area contributed by atoms with Gasteiger partial charge in [-0.05, 0) is 49.8 Å². The van der Waals surface area contributed by atoms with E-state index in [4.69, 9.17) is 5.73 Å². The molecule has 5 heteroatoms. The molecule has 1 aromatic carbocycles. The molecule has 1 aliphatic carbocycles. The number of allylic oxidation sites excluding steroid dienone is 1. The quantitative estimate of drug-likeness (QED) is 0.761. The van der Waals surface area contributed by atoms with Crippen molar-refractivity contribution in [2.45, 2.75) is 58.3 Å². The maximum atomic E-state index is 12.7. The van der Waals surface area contributed by atoms with Crippen LogP contribution in [0.25, 0.3) is 0 Å². The lowest BCUT2D eigenvalue weighted by Gasteiger charge is -2.41. The number of halogens is 3. The molecule has 2 rings (SSSR count). The Kier molecular flexibility index (Phi) is 6.33. The minimum atomic E-state index is -4.29. The van der Waals surface area contributed by atoms with E-state index in [1.807, 2.05) is 0 Å². The van der Waals surface area contributed by atoms with E-state index in [1.54, 1.807) is 12.1 Å². The first kappa shape index (κ1) is 18.8. The van der Waals surface area contributed by atoms with Crippen LogP contribution in [-0.4, -0.2) is 17.5 Å². The van der Waals surface area contributed by atoms with Crippen molar-refractivity contribution in [2.24, 2.45) is 11.7 Å². The molecule has 0 heterocycles. The summed E-state index contributed by atoms with van der Waals surface area (Å²) in [6.45, 7) is 5.32. The fourth-order valence-electron chi connectivity index (χ4n) is 3.23. The van der Waals surface area contributed by atoms with E-state index in [1.165, 1.54) is 19.3 Å². The minimum absolute atomic E-state index is 0.349. The SMILES string of the molecule is CC/C=C(/CN)N(Cc1ccc(C(F)(F)F)cc1)C(C)C1CCC1. The topological polar surface area (TPSA) is 29.3 Å². The molecule has 134 valence electrons. The summed E-state index contributed by atoms with van der Waals surface area (Å²) >= 11 is 0. The van der Waals surface area contributed by atoms with E-state index in [0.717, 1.165) is 29.8 Å². The van der Waals surface area contributed by atoms with Crippen molar-refractivity contribution in [3.8, 4) is 0 Å². The van der Waals surface area contributed by atoms with Crippen molar-refractivity contribution in [3.63, 3.8) is 0 Å². The van der Waals surface area contributed by atoms with Gasteiger partial charge in [-0.25, -0.2) is 0 Å². The third-order valence-corrected chi connectivity index (χ3v) is 4.98. The van der Waals surface area contributed by atoms with Gasteiger partial charge in [-0.1, -0.05) is 31.6 Å². The predicted octanol–water partition coefficient (Wildman–Crippen LogP) is 4.95. The summed E-state index contributed by atoms with van der Waals surface area (Å²) in [5.41, 5.74) is 7.29. The molecular formula is C19H27F3N2. The minimum Gasteiger partial charge on any atom is -0.367 e.